The van der Waals surface area contributed by atoms with Gasteiger partial charge in [-0.2, -0.15) is 0 Å². The standard InChI is InChI=1S/C14H25NO2/c1-11(12-6-7-12)14(16)15(2)9-8-13-5-3-4-10-17-13/h11-13H,3-10H2,1-2H3. The van der Waals surface area contributed by atoms with Crippen LogP contribution in [-0.4, -0.2) is 37.1 Å². The van der Waals surface area contributed by atoms with Gasteiger partial charge in [-0.3, -0.25) is 4.79 Å². The lowest BCUT2D eigenvalue weighted by atomic mass is 10.0. The van der Waals surface area contributed by atoms with Crippen LogP contribution < -0.4 is 0 Å². The van der Waals surface area contributed by atoms with Gasteiger partial charge in [-0.05, 0) is 44.4 Å². The Labute approximate surface area is 105 Å². The molecule has 1 saturated carbocycles. The third-order valence-corrected chi connectivity index (χ3v) is 4.16. The van der Waals surface area contributed by atoms with Crippen LogP contribution in [-0.2, 0) is 9.53 Å². The van der Waals surface area contributed by atoms with Crippen molar-refractivity contribution in [1.29, 1.82) is 0 Å². The number of carbonyl (C=O) groups excluding carboxylic acids is 1. The number of rotatable bonds is 5. The molecule has 2 fully saturated rings. The van der Waals surface area contributed by atoms with Gasteiger partial charge in [0.2, 0.25) is 5.91 Å². The Balaban J connectivity index is 1.68. The van der Waals surface area contributed by atoms with E-state index in [1.165, 1.54) is 32.1 Å². The zero-order valence-corrected chi connectivity index (χ0v) is 11.2. The molecule has 0 aromatic carbocycles. The van der Waals surface area contributed by atoms with Crippen LogP contribution in [0.3, 0.4) is 0 Å². The number of ether oxygens (including phenoxy) is 1. The Bertz CT molecular complexity index is 257. The lowest BCUT2D eigenvalue weighted by Crippen LogP contribution is -2.35. The molecule has 98 valence electrons. The number of amides is 1. The monoisotopic (exact) mass is 239 g/mol. The Hall–Kier alpha value is -0.570. The van der Waals surface area contributed by atoms with Gasteiger partial charge >= 0.3 is 0 Å². The minimum Gasteiger partial charge on any atom is -0.378 e. The fraction of sp³-hybridized carbons (Fsp3) is 0.929. The average molecular weight is 239 g/mol. The van der Waals surface area contributed by atoms with Gasteiger partial charge in [0.1, 0.15) is 0 Å². The van der Waals surface area contributed by atoms with Crippen molar-refractivity contribution in [3.63, 3.8) is 0 Å². The van der Waals surface area contributed by atoms with Crippen LogP contribution in [0.5, 0.6) is 0 Å². The summed E-state index contributed by atoms with van der Waals surface area (Å²) in [6.07, 6.45) is 7.51. The van der Waals surface area contributed by atoms with Crippen molar-refractivity contribution in [2.45, 2.75) is 51.6 Å². The number of carbonyl (C=O) groups is 1. The summed E-state index contributed by atoms with van der Waals surface area (Å²) in [4.78, 5) is 14.0. The Morgan fingerprint density at radius 2 is 2.12 bits per heavy atom. The summed E-state index contributed by atoms with van der Waals surface area (Å²) in [7, 11) is 1.93. The minimum absolute atomic E-state index is 0.229. The maximum Gasteiger partial charge on any atom is 0.225 e. The molecule has 3 heteroatoms. The van der Waals surface area contributed by atoms with Crippen molar-refractivity contribution in [2.75, 3.05) is 20.2 Å². The molecule has 2 rings (SSSR count). The molecule has 2 atom stereocenters. The second-order valence-electron chi connectivity index (χ2n) is 5.66. The zero-order chi connectivity index (χ0) is 12.3. The topological polar surface area (TPSA) is 29.5 Å². The molecule has 1 saturated heterocycles. The fourth-order valence-corrected chi connectivity index (χ4v) is 2.63. The Morgan fingerprint density at radius 3 is 2.71 bits per heavy atom. The fourth-order valence-electron chi connectivity index (χ4n) is 2.63. The minimum atomic E-state index is 0.229. The molecule has 2 aliphatic rings. The SMILES string of the molecule is CC(C(=O)N(C)CCC1CCCCO1)C1CC1. The van der Waals surface area contributed by atoms with Crippen molar-refractivity contribution >= 4 is 5.91 Å². The van der Waals surface area contributed by atoms with Crippen molar-refractivity contribution in [1.82, 2.24) is 4.90 Å². The van der Waals surface area contributed by atoms with Gasteiger partial charge in [0.25, 0.3) is 0 Å². The van der Waals surface area contributed by atoms with Crippen LogP contribution >= 0.6 is 0 Å². The quantitative estimate of drug-likeness (QED) is 0.737. The summed E-state index contributed by atoms with van der Waals surface area (Å²) in [5, 5.41) is 0. The zero-order valence-electron chi connectivity index (χ0n) is 11.2. The van der Waals surface area contributed by atoms with Gasteiger partial charge in [0, 0.05) is 26.1 Å². The van der Waals surface area contributed by atoms with Crippen LogP contribution in [0, 0.1) is 11.8 Å². The predicted octanol–water partition coefficient (Wildman–Crippen LogP) is 2.45. The maximum atomic E-state index is 12.1. The smallest absolute Gasteiger partial charge is 0.225 e. The normalized spacial score (nSPS) is 26.6. The van der Waals surface area contributed by atoms with Gasteiger partial charge in [-0.15, -0.1) is 0 Å². The summed E-state index contributed by atoms with van der Waals surface area (Å²) in [5.74, 6) is 1.21. The van der Waals surface area contributed by atoms with Crippen LogP contribution in [0.15, 0.2) is 0 Å². The van der Waals surface area contributed by atoms with Crippen molar-refractivity contribution < 1.29 is 9.53 Å². The lowest BCUT2D eigenvalue weighted by molar-refractivity contribution is -0.134. The molecule has 1 aliphatic heterocycles. The molecule has 0 N–H and O–H groups in total. The lowest BCUT2D eigenvalue weighted by Gasteiger charge is -2.26. The molecule has 2 unspecified atom stereocenters. The number of hydrogen-bond acceptors (Lipinski definition) is 2. The van der Waals surface area contributed by atoms with E-state index in [2.05, 4.69) is 6.92 Å². The van der Waals surface area contributed by atoms with E-state index < -0.39 is 0 Å². The van der Waals surface area contributed by atoms with E-state index in [-0.39, 0.29) is 5.92 Å². The molecular weight excluding hydrogens is 214 g/mol. The molecule has 1 heterocycles. The molecule has 1 aliphatic carbocycles. The highest BCUT2D eigenvalue weighted by molar-refractivity contribution is 5.78. The van der Waals surface area contributed by atoms with E-state index in [0.29, 0.717) is 17.9 Å². The van der Waals surface area contributed by atoms with Gasteiger partial charge in [0.15, 0.2) is 0 Å². The molecule has 0 aromatic heterocycles. The highest BCUT2D eigenvalue weighted by Gasteiger charge is 2.34. The molecule has 0 radical (unpaired) electrons. The van der Waals surface area contributed by atoms with Crippen molar-refractivity contribution in [3.05, 3.63) is 0 Å². The van der Waals surface area contributed by atoms with E-state index in [9.17, 15) is 4.79 Å². The second-order valence-corrected chi connectivity index (χ2v) is 5.66. The first-order chi connectivity index (χ1) is 8.18. The molecule has 0 aromatic rings. The first-order valence-corrected chi connectivity index (χ1v) is 7.05. The highest BCUT2D eigenvalue weighted by Crippen LogP contribution is 2.37. The third kappa shape index (κ3) is 3.70. The van der Waals surface area contributed by atoms with E-state index in [0.717, 1.165) is 19.6 Å². The summed E-state index contributed by atoms with van der Waals surface area (Å²) < 4.78 is 5.69. The summed E-state index contributed by atoms with van der Waals surface area (Å²) in [5.41, 5.74) is 0. The largest absolute Gasteiger partial charge is 0.378 e. The van der Waals surface area contributed by atoms with Crippen molar-refractivity contribution in [2.24, 2.45) is 11.8 Å². The summed E-state index contributed by atoms with van der Waals surface area (Å²) in [6.45, 7) is 3.83. The molecule has 17 heavy (non-hydrogen) atoms. The van der Waals surface area contributed by atoms with Crippen LogP contribution in [0.1, 0.15) is 45.4 Å². The highest BCUT2D eigenvalue weighted by atomic mass is 16.5. The van der Waals surface area contributed by atoms with E-state index in [1.807, 2.05) is 11.9 Å². The second kappa shape index (κ2) is 5.85. The Kier molecular flexibility index (Phi) is 4.43. The van der Waals surface area contributed by atoms with Crippen molar-refractivity contribution in [3.8, 4) is 0 Å². The molecular formula is C14H25NO2. The van der Waals surface area contributed by atoms with E-state index in [1.54, 1.807) is 0 Å². The van der Waals surface area contributed by atoms with Gasteiger partial charge < -0.3 is 9.64 Å². The van der Waals surface area contributed by atoms with Gasteiger partial charge in [0.05, 0.1) is 6.10 Å². The summed E-state index contributed by atoms with van der Waals surface area (Å²) >= 11 is 0. The first-order valence-electron chi connectivity index (χ1n) is 7.05. The molecule has 0 spiro atoms. The van der Waals surface area contributed by atoms with Crippen LogP contribution in [0.4, 0.5) is 0 Å². The predicted molar refractivity (Wildman–Crippen MR) is 67.7 cm³/mol. The third-order valence-electron chi connectivity index (χ3n) is 4.16. The molecule has 0 bridgehead atoms. The average Bonchev–Trinajstić information content (AvgIpc) is 3.19. The van der Waals surface area contributed by atoms with Gasteiger partial charge in [-0.25, -0.2) is 0 Å². The van der Waals surface area contributed by atoms with Crippen LogP contribution in [0.25, 0.3) is 0 Å². The summed E-state index contributed by atoms with van der Waals surface area (Å²) in [6, 6.07) is 0. The van der Waals surface area contributed by atoms with E-state index in [4.69, 9.17) is 4.74 Å². The first kappa shape index (κ1) is 12.9. The van der Waals surface area contributed by atoms with Gasteiger partial charge in [-0.1, -0.05) is 6.92 Å². The number of hydrogen-bond donors (Lipinski definition) is 0. The molecule has 3 nitrogen and oxygen atoms in total. The van der Waals surface area contributed by atoms with Crippen LogP contribution in [0.2, 0.25) is 0 Å². The van der Waals surface area contributed by atoms with E-state index >= 15 is 0 Å². The maximum absolute atomic E-state index is 12.1. The number of nitrogens with zero attached hydrogens (tertiary/aromatic N) is 1. The Morgan fingerprint density at radius 1 is 1.35 bits per heavy atom. The molecule has 1 amide bonds.